The third kappa shape index (κ3) is 4.39. The van der Waals surface area contributed by atoms with Crippen LogP contribution < -0.4 is 5.32 Å². The van der Waals surface area contributed by atoms with Crippen LogP contribution in [0.15, 0.2) is 30.3 Å². The molecule has 1 atom stereocenters. The first-order chi connectivity index (χ1) is 12.8. The van der Waals surface area contributed by atoms with Gasteiger partial charge in [0.1, 0.15) is 0 Å². The molecule has 0 aliphatic carbocycles. The smallest absolute Gasteiger partial charge is 0.224 e. The van der Waals surface area contributed by atoms with Crippen LogP contribution in [0.5, 0.6) is 0 Å². The number of benzene rings is 1. The minimum atomic E-state index is -3.26. The molecule has 7 nitrogen and oxygen atoms in total. The Bertz CT molecular complexity index is 922. The Hall–Kier alpha value is -2.19. The molecule has 1 aliphatic heterocycles. The molecule has 1 fully saturated rings. The van der Waals surface area contributed by atoms with Crippen molar-refractivity contribution in [3.8, 4) is 5.69 Å². The Morgan fingerprint density at radius 1 is 1.26 bits per heavy atom. The molecular weight excluding hydrogens is 364 g/mol. The molecule has 0 radical (unpaired) electrons. The van der Waals surface area contributed by atoms with Crippen LogP contribution in [-0.2, 0) is 21.4 Å². The van der Waals surface area contributed by atoms with Crippen LogP contribution in [-0.4, -0.2) is 47.8 Å². The Morgan fingerprint density at radius 3 is 2.63 bits per heavy atom. The number of carbonyl (C=O) groups excluding carboxylic acids is 1. The molecule has 0 spiro atoms. The second-order valence-corrected chi connectivity index (χ2v) is 9.06. The predicted octanol–water partition coefficient (Wildman–Crippen LogP) is 1.78. The average Bonchev–Trinajstić information content (AvgIpc) is 2.94. The first-order valence-electron chi connectivity index (χ1n) is 9.10. The summed E-state index contributed by atoms with van der Waals surface area (Å²) in [6.45, 7) is 5.05. The van der Waals surface area contributed by atoms with Gasteiger partial charge in [-0.05, 0) is 38.8 Å². The summed E-state index contributed by atoms with van der Waals surface area (Å²) < 4.78 is 26.8. The number of carbonyl (C=O) groups is 1. The zero-order chi connectivity index (χ0) is 19.6. The first kappa shape index (κ1) is 19.6. The summed E-state index contributed by atoms with van der Waals surface area (Å²) in [5.74, 6) is -0.409. The Kier molecular flexibility index (Phi) is 5.67. The van der Waals surface area contributed by atoms with Crippen molar-refractivity contribution in [3.05, 3.63) is 47.3 Å². The fourth-order valence-electron chi connectivity index (χ4n) is 3.53. The number of rotatable bonds is 5. The number of amides is 1. The number of aromatic nitrogens is 2. The quantitative estimate of drug-likeness (QED) is 0.843. The van der Waals surface area contributed by atoms with E-state index in [-0.39, 0.29) is 18.4 Å². The van der Waals surface area contributed by atoms with Crippen LogP contribution in [0.25, 0.3) is 5.69 Å². The van der Waals surface area contributed by atoms with Gasteiger partial charge in [0.2, 0.25) is 15.9 Å². The summed E-state index contributed by atoms with van der Waals surface area (Å²) >= 11 is 0. The fraction of sp³-hybridized carbons (Fsp3) is 0.474. The van der Waals surface area contributed by atoms with Crippen molar-refractivity contribution in [1.29, 1.82) is 0 Å². The topological polar surface area (TPSA) is 84.3 Å². The monoisotopic (exact) mass is 390 g/mol. The maximum Gasteiger partial charge on any atom is 0.224 e. The highest BCUT2D eigenvalue weighted by atomic mass is 32.2. The van der Waals surface area contributed by atoms with Crippen LogP contribution in [0.3, 0.4) is 0 Å². The SMILES string of the molecule is Cc1nn(-c2ccccc2)c(C)c1CNC(=O)[C@@H]1CCCN(S(C)(=O)=O)C1. The van der Waals surface area contributed by atoms with Crippen LogP contribution in [0.1, 0.15) is 29.8 Å². The number of hydrogen-bond donors (Lipinski definition) is 1. The summed E-state index contributed by atoms with van der Waals surface area (Å²) in [6, 6.07) is 9.86. The van der Waals surface area contributed by atoms with Gasteiger partial charge in [-0.15, -0.1) is 0 Å². The lowest BCUT2D eigenvalue weighted by molar-refractivity contribution is -0.126. The number of nitrogens with one attached hydrogen (secondary N) is 1. The molecule has 0 unspecified atom stereocenters. The third-order valence-electron chi connectivity index (χ3n) is 5.11. The molecule has 2 heterocycles. The lowest BCUT2D eigenvalue weighted by atomic mass is 9.98. The number of sulfonamides is 1. The van der Waals surface area contributed by atoms with Gasteiger partial charge >= 0.3 is 0 Å². The Morgan fingerprint density at radius 2 is 1.96 bits per heavy atom. The van der Waals surface area contributed by atoms with E-state index in [4.69, 9.17) is 0 Å². The van der Waals surface area contributed by atoms with E-state index < -0.39 is 10.0 Å². The molecule has 27 heavy (non-hydrogen) atoms. The molecule has 8 heteroatoms. The van der Waals surface area contributed by atoms with Gasteiger partial charge < -0.3 is 5.32 Å². The van der Waals surface area contributed by atoms with Gasteiger partial charge in [0.15, 0.2) is 0 Å². The molecular formula is C19H26N4O3S. The highest BCUT2D eigenvalue weighted by Gasteiger charge is 2.30. The minimum Gasteiger partial charge on any atom is -0.352 e. The van der Waals surface area contributed by atoms with E-state index in [1.807, 2.05) is 48.9 Å². The minimum absolute atomic E-state index is 0.102. The van der Waals surface area contributed by atoms with E-state index in [0.717, 1.165) is 22.6 Å². The van der Waals surface area contributed by atoms with Gasteiger partial charge in [-0.1, -0.05) is 18.2 Å². The van der Waals surface area contributed by atoms with Crippen molar-refractivity contribution in [3.63, 3.8) is 0 Å². The van der Waals surface area contributed by atoms with Crippen LogP contribution in [0.4, 0.5) is 0 Å². The van der Waals surface area contributed by atoms with Gasteiger partial charge in [-0.25, -0.2) is 17.4 Å². The summed E-state index contributed by atoms with van der Waals surface area (Å²) in [4.78, 5) is 12.6. The van der Waals surface area contributed by atoms with Crippen LogP contribution >= 0.6 is 0 Å². The van der Waals surface area contributed by atoms with E-state index in [0.29, 0.717) is 25.9 Å². The molecule has 1 saturated heterocycles. The summed E-state index contributed by atoms with van der Waals surface area (Å²) in [7, 11) is -3.26. The van der Waals surface area contributed by atoms with Gasteiger partial charge in [-0.3, -0.25) is 4.79 Å². The Labute approximate surface area is 160 Å². The number of nitrogens with zero attached hydrogens (tertiary/aromatic N) is 3. The van der Waals surface area contributed by atoms with Crippen LogP contribution in [0, 0.1) is 19.8 Å². The predicted molar refractivity (Wildman–Crippen MR) is 104 cm³/mol. The normalized spacial score (nSPS) is 18.4. The zero-order valence-corrected chi connectivity index (χ0v) is 16.8. The molecule has 1 amide bonds. The highest BCUT2D eigenvalue weighted by molar-refractivity contribution is 7.88. The van der Waals surface area contributed by atoms with E-state index in [1.54, 1.807) is 0 Å². The molecule has 146 valence electrons. The standard InChI is InChI=1S/C19H26N4O3S/c1-14-18(15(2)23(21-14)17-9-5-4-6-10-17)12-20-19(24)16-8-7-11-22(13-16)27(3,25)26/h4-6,9-10,16H,7-8,11-13H2,1-3H3,(H,20,24)/t16-/m1/s1. The molecule has 0 saturated carbocycles. The molecule has 0 bridgehead atoms. The van der Waals surface area contributed by atoms with Crippen molar-refractivity contribution in [2.24, 2.45) is 5.92 Å². The van der Waals surface area contributed by atoms with E-state index in [9.17, 15) is 13.2 Å². The van der Waals surface area contributed by atoms with Crippen molar-refractivity contribution in [1.82, 2.24) is 19.4 Å². The lowest BCUT2D eigenvalue weighted by Gasteiger charge is -2.30. The number of hydrogen-bond acceptors (Lipinski definition) is 4. The van der Waals surface area contributed by atoms with E-state index in [2.05, 4.69) is 10.4 Å². The number of aryl methyl sites for hydroxylation is 1. The summed E-state index contributed by atoms with van der Waals surface area (Å²) in [5.41, 5.74) is 3.83. The van der Waals surface area contributed by atoms with Crippen molar-refractivity contribution < 1.29 is 13.2 Å². The molecule has 2 aromatic rings. The fourth-order valence-corrected chi connectivity index (χ4v) is 4.44. The van der Waals surface area contributed by atoms with Crippen LogP contribution in [0.2, 0.25) is 0 Å². The maximum absolute atomic E-state index is 12.6. The summed E-state index contributed by atoms with van der Waals surface area (Å²) in [6.07, 6.45) is 2.60. The van der Waals surface area contributed by atoms with Crippen molar-refractivity contribution in [2.45, 2.75) is 33.2 Å². The van der Waals surface area contributed by atoms with Gasteiger partial charge in [0.05, 0.1) is 23.6 Å². The lowest BCUT2D eigenvalue weighted by Crippen LogP contribution is -2.44. The van der Waals surface area contributed by atoms with Gasteiger partial charge in [0, 0.05) is 30.9 Å². The van der Waals surface area contributed by atoms with E-state index >= 15 is 0 Å². The van der Waals surface area contributed by atoms with Crippen molar-refractivity contribution >= 4 is 15.9 Å². The number of para-hydroxylation sites is 1. The molecule has 1 aromatic heterocycles. The maximum atomic E-state index is 12.6. The second kappa shape index (κ2) is 7.82. The molecule has 1 aromatic carbocycles. The van der Waals surface area contributed by atoms with Crippen molar-refractivity contribution in [2.75, 3.05) is 19.3 Å². The van der Waals surface area contributed by atoms with Gasteiger partial charge in [0.25, 0.3) is 0 Å². The highest BCUT2D eigenvalue weighted by Crippen LogP contribution is 2.20. The largest absolute Gasteiger partial charge is 0.352 e. The molecule has 3 rings (SSSR count). The molecule has 1 aliphatic rings. The second-order valence-electron chi connectivity index (χ2n) is 7.07. The van der Waals surface area contributed by atoms with E-state index in [1.165, 1.54) is 10.6 Å². The first-order valence-corrected chi connectivity index (χ1v) is 11.0. The zero-order valence-electron chi connectivity index (χ0n) is 16.0. The number of piperidine rings is 1. The Balaban J connectivity index is 1.68. The molecule has 1 N–H and O–H groups in total. The third-order valence-corrected chi connectivity index (χ3v) is 6.37. The average molecular weight is 391 g/mol. The summed E-state index contributed by atoms with van der Waals surface area (Å²) in [5, 5.41) is 7.57. The van der Waals surface area contributed by atoms with Gasteiger partial charge in [-0.2, -0.15) is 5.10 Å².